The smallest absolute Gasteiger partial charge is 0.317 e. The van der Waals surface area contributed by atoms with Crippen LogP contribution in [0.4, 0.5) is 0 Å². The van der Waals surface area contributed by atoms with Crippen LogP contribution in [-0.4, -0.2) is 60.1 Å². The summed E-state index contributed by atoms with van der Waals surface area (Å²) in [5, 5.41) is 8.89. The Balaban J connectivity index is 0.00000220. The lowest BCUT2D eigenvalue weighted by molar-refractivity contribution is -0.138. The molecule has 1 saturated carbocycles. The highest BCUT2D eigenvalue weighted by atomic mass is 35.5. The lowest BCUT2D eigenvalue weighted by Crippen LogP contribution is -2.36. The molecule has 0 aromatic heterocycles. The zero-order valence-corrected chi connectivity index (χ0v) is 14.1. The summed E-state index contributed by atoms with van der Waals surface area (Å²) in [6, 6.07) is 0.447. The van der Waals surface area contributed by atoms with E-state index in [9.17, 15) is 4.79 Å². The Morgan fingerprint density at radius 3 is 2.52 bits per heavy atom. The van der Waals surface area contributed by atoms with Crippen LogP contribution in [0.3, 0.4) is 0 Å². The van der Waals surface area contributed by atoms with E-state index >= 15 is 0 Å². The predicted molar refractivity (Wildman–Crippen MR) is 88.2 cm³/mol. The van der Waals surface area contributed by atoms with Gasteiger partial charge in [-0.05, 0) is 58.3 Å². The van der Waals surface area contributed by atoms with Crippen molar-refractivity contribution in [2.24, 2.45) is 5.92 Å². The quantitative estimate of drug-likeness (QED) is 0.818. The van der Waals surface area contributed by atoms with Gasteiger partial charge in [-0.15, -0.1) is 12.4 Å². The molecule has 21 heavy (non-hydrogen) atoms. The molecule has 0 amide bonds. The largest absolute Gasteiger partial charge is 0.480 e. The molecule has 1 N–H and O–H groups in total. The summed E-state index contributed by atoms with van der Waals surface area (Å²) >= 11 is 0. The van der Waals surface area contributed by atoms with Gasteiger partial charge in [-0.3, -0.25) is 9.69 Å². The van der Waals surface area contributed by atoms with Crippen molar-refractivity contribution in [1.82, 2.24) is 9.80 Å². The van der Waals surface area contributed by atoms with Crippen molar-refractivity contribution in [1.29, 1.82) is 0 Å². The normalized spacial score (nSPS) is 24.8. The van der Waals surface area contributed by atoms with Crippen LogP contribution in [0.2, 0.25) is 0 Å². The molecule has 1 aliphatic heterocycles. The highest BCUT2D eigenvalue weighted by molar-refractivity contribution is 5.85. The van der Waals surface area contributed by atoms with Gasteiger partial charge in [0.05, 0.1) is 6.54 Å². The van der Waals surface area contributed by atoms with E-state index in [-0.39, 0.29) is 19.0 Å². The molecular formula is C16H31ClN2O2. The van der Waals surface area contributed by atoms with E-state index in [0.29, 0.717) is 6.04 Å². The minimum absolute atomic E-state index is 0. The molecule has 1 aliphatic carbocycles. The van der Waals surface area contributed by atoms with E-state index in [2.05, 4.69) is 4.90 Å². The molecule has 2 aliphatic rings. The standard InChI is InChI=1S/C16H30N2O2.ClH/c1-17(13-16(19)20)15-7-4-10-18(12-9-15)11-8-14-5-2-3-6-14;/h14-15H,2-13H2,1H3,(H,19,20);1H. The molecule has 1 atom stereocenters. The molecule has 0 radical (unpaired) electrons. The van der Waals surface area contributed by atoms with E-state index in [0.717, 1.165) is 25.3 Å². The van der Waals surface area contributed by atoms with Gasteiger partial charge in [-0.25, -0.2) is 0 Å². The zero-order chi connectivity index (χ0) is 14.4. The van der Waals surface area contributed by atoms with Gasteiger partial charge >= 0.3 is 5.97 Å². The second-order valence-corrected chi connectivity index (χ2v) is 6.67. The molecule has 1 saturated heterocycles. The molecule has 2 fully saturated rings. The summed E-state index contributed by atoms with van der Waals surface area (Å²) in [4.78, 5) is 15.4. The summed E-state index contributed by atoms with van der Waals surface area (Å²) in [5.41, 5.74) is 0. The Morgan fingerprint density at radius 1 is 1.14 bits per heavy atom. The predicted octanol–water partition coefficient (Wildman–Crippen LogP) is 2.86. The first-order chi connectivity index (χ1) is 9.65. The fourth-order valence-corrected chi connectivity index (χ4v) is 3.81. The molecule has 0 spiro atoms. The Bertz CT molecular complexity index is 309. The number of likely N-dealkylation sites (N-methyl/N-ethyl adjacent to an activating group) is 1. The Hall–Kier alpha value is -0.320. The third kappa shape index (κ3) is 6.54. The topological polar surface area (TPSA) is 43.8 Å². The second-order valence-electron chi connectivity index (χ2n) is 6.67. The Labute approximate surface area is 135 Å². The van der Waals surface area contributed by atoms with Crippen LogP contribution >= 0.6 is 12.4 Å². The molecule has 5 heteroatoms. The van der Waals surface area contributed by atoms with E-state index in [1.165, 1.54) is 51.6 Å². The van der Waals surface area contributed by atoms with Crippen LogP contribution in [-0.2, 0) is 4.79 Å². The summed E-state index contributed by atoms with van der Waals surface area (Å²) in [6.07, 6.45) is 10.6. The molecule has 0 bridgehead atoms. The molecule has 2 rings (SSSR count). The third-order valence-corrected chi connectivity index (χ3v) is 5.13. The average Bonchev–Trinajstić information content (AvgIpc) is 2.80. The van der Waals surface area contributed by atoms with Crippen molar-refractivity contribution in [3.05, 3.63) is 0 Å². The monoisotopic (exact) mass is 318 g/mol. The SMILES string of the molecule is CN(CC(=O)O)C1CCCN(CCC2CCCC2)CC1.Cl. The van der Waals surface area contributed by atoms with Crippen molar-refractivity contribution in [2.45, 2.75) is 57.4 Å². The van der Waals surface area contributed by atoms with Crippen molar-refractivity contribution in [3.8, 4) is 0 Å². The molecule has 4 nitrogen and oxygen atoms in total. The fourth-order valence-electron chi connectivity index (χ4n) is 3.81. The maximum absolute atomic E-state index is 10.8. The molecule has 0 aromatic rings. The number of carbonyl (C=O) groups is 1. The number of rotatable bonds is 6. The van der Waals surface area contributed by atoms with Crippen molar-refractivity contribution < 1.29 is 9.90 Å². The molecule has 124 valence electrons. The van der Waals surface area contributed by atoms with Gasteiger partial charge in [0.15, 0.2) is 0 Å². The molecule has 1 heterocycles. The lowest BCUT2D eigenvalue weighted by Gasteiger charge is -2.26. The summed E-state index contributed by atoms with van der Waals surface area (Å²) in [5.74, 6) is 0.263. The third-order valence-electron chi connectivity index (χ3n) is 5.13. The zero-order valence-electron chi connectivity index (χ0n) is 13.3. The van der Waals surface area contributed by atoms with Crippen molar-refractivity contribution in [3.63, 3.8) is 0 Å². The number of hydrogen-bond donors (Lipinski definition) is 1. The minimum atomic E-state index is -0.713. The van der Waals surface area contributed by atoms with E-state index in [1.54, 1.807) is 0 Å². The van der Waals surface area contributed by atoms with Crippen LogP contribution in [0, 0.1) is 5.92 Å². The van der Waals surface area contributed by atoms with Gasteiger partial charge in [0.1, 0.15) is 0 Å². The van der Waals surface area contributed by atoms with Crippen LogP contribution in [0.1, 0.15) is 51.4 Å². The van der Waals surface area contributed by atoms with Crippen molar-refractivity contribution in [2.75, 3.05) is 33.2 Å². The van der Waals surface area contributed by atoms with Gasteiger partial charge < -0.3 is 10.0 Å². The lowest BCUT2D eigenvalue weighted by atomic mass is 10.0. The number of likely N-dealkylation sites (tertiary alicyclic amines) is 1. The molecule has 1 unspecified atom stereocenters. The minimum Gasteiger partial charge on any atom is -0.480 e. The van der Waals surface area contributed by atoms with Crippen LogP contribution in [0.15, 0.2) is 0 Å². The average molecular weight is 319 g/mol. The summed E-state index contributed by atoms with van der Waals surface area (Å²) < 4.78 is 0. The summed E-state index contributed by atoms with van der Waals surface area (Å²) in [7, 11) is 1.95. The van der Waals surface area contributed by atoms with Gasteiger partial charge in [0.25, 0.3) is 0 Å². The first-order valence-electron chi connectivity index (χ1n) is 8.29. The summed E-state index contributed by atoms with van der Waals surface area (Å²) in [6.45, 7) is 3.76. The first kappa shape index (κ1) is 18.7. The van der Waals surface area contributed by atoms with E-state index < -0.39 is 5.97 Å². The molecular weight excluding hydrogens is 288 g/mol. The fraction of sp³-hybridized carbons (Fsp3) is 0.938. The van der Waals surface area contributed by atoms with Crippen molar-refractivity contribution >= 4 is 18.4 Å². The van der Waals surface area contributed by atoms with Crippen LogP contribution < -0.4 is 0 Å². The van der Waals surface area contributed by atoms with Gasteiger partial charge in [-0.2, -0.15) is 0 Å². The van der Waals surface area contributed by atoms with E-state index in [1.807, 2.05) is 11.9 Å². The highest BCUT2D eigenvalue weighted by Gasteiger charge is 2.22. The maximum atomic E-state index is 10.8. The van der Waals surface area contributed by atoms with Gasteiger partial charge in [0.2, 0.25) is 0 Å². The second kappa shape index (κ2) is 9.65. The van der Waals surface area contributed by atoms with Gasteiger partial charge in [-0.1, -0.05) is 25.7 Å². The Kier molecular flexibility index (Phi) is 8.60. The highest BCUT2D eigenvalue weighted by Crippen LogP contribution is 2.28. The van der Waals surface area contributed by atoms with Crippen LogP contribution in [0.5, 0.6) is 0 Å². The first-order valence-corrected chi connectivity index (χ1v) is 8.29. The number of carboxylic acids is 1. The van der Waals surface area contributed by atoms with Gasteiger partial charge in [0, 0.05) is 6.04 Å². The maximum Gasteiger partial charge on any atom is 0.317 e. The number of halogens is 1. The number of carboxylic acid groups (broad SMARTS) is 1. The number of hydrogen-bond acceptors (Lipinski definition) is 3. The number of nitrogens with zero attached hydrogens (tertiary/aromatic N) is 2. The Morgan fingerprint density at radius 2 is 1.86 bits per heavy atom. The van der Waals surface area contributed by atoms with E-state index in [4.69, 9.17) is 5.11 Å². The molecule has 0 aromatic carbocycles. The van der Waals surface area contributed by atoms with Crippen LogP contribution in [0.25, 0.3) is 0 Å². The number of aliphatic carboxylic acids is 1.